The zero-order valence-electron chi connectivity index (χ0n) is 11.3. The van der Waals surface area contributed by atoms with Gasteiger partial charge in [-0.2, -0.15) is 0 Å². The first-order valence-electron chi connectivity index (χ1n) is 7.31. The van der Waals surface area contributed by atoms with Crippen molar-refractivity contribution in [3.05, 3.63) is 56.2 Å². The van der Waals surface area contributed by atoms with E-state index < -0.39 is 0 Å². The number of benzene rings is 1. The van der Waals surface area contributed by atoms with Gasteiger partial charge in [0.2, 0.25) is 0 Å². The highest BCUT2D eigenvalue weighted by atomic mass is 79.9. The Morgan fingerprint density at radius 2 is 2.10 bits per heavy atom. The molecular formula is C17H18BrNS. The fourth-order valence-corrected chi connectivity index (χ4v) is 5.59. The Hall–Kier alpha value is -0.640. The minimum atomic E-state index is 0.307. The van der Waals surface area contributed by atoms with Crippen LogP contribution in [0.3, 0.4) is 0 Å². The molecule has 2 aromatic rings. The molecule has 1 aromatic carbocycles. The van der Waals surface area contributed by atoms with Crippen molar-refractivity contribution in [1.82, 2.24) is 0 Å². The lowest BCUT2D eigenvalue weighted by Crippen LogP contribution is -2.26. The summed E-state index contributed by atoms with van der Waals surface area (Å²) in [4.78, 5) is 1.40. The molecule has 4 rings (SSSR count). The largest absolute Gasteiger partial charge is 0.327 e. The molecule has 4 unspecified atom stereocenters. The standard InChI is InChI=1S/C17H18BrNS/c18-15-8-6-11(20-15)9-14(19)17-13-7-5-10-3-1-2-4-12(10)16(13)17/h1-4,6,8,13-14,16-17H,5,7,9,19H2. The van der Waals surface area contributed by atoms with E-state index in [4.69, 9.17) is 5.73 Å². The van der Waals surface area contributed by atoms with Gasteiger partial charge >= 0.3 is 0 Å². The van der Waals surface area contributed by atoms with Gasteiger partial charge in [-0.05, 0) is 76.2 Å². The number of fused-ring (bicyclic) bond motifs is 3. The zero-order valence-corrected chi connectivity index (χ0v) is 13.7. The molecule has 2 N–H and O–H groups in total. The summed E-state index contributed by atoms with van der Waals surface area (Å²) in [6, 6.07) is 13.6. The Bertz CT molecular complexity index is 635. The van der Waals surface area contributed by atoms with Gasteiger partial charge in [0.1, 0.15) is 0 Å². The molecule has 0 saturated heterocycles. The fraction of sp³-hybridized carbons (Fsp3) is 0.412. The number of halogens is 1. The monoisotopic (exact) mass is 347 g/mol. The van der Waals surface area contributed by atoms with Crippen LogP contribution in [0.15, 0.2) is 40.2 Å². The minimum Gasteiger partial charge on any atom is -0.327 e. The summed E-state index contributed by atoms with van der Waals surface area (Å²) < 4.78 is 1.21. The number of thiophene rings is 1. The quantitative estimate of drug-likeness (QED) is 0.877. The Morgan fingerprint density at radius 3 is 2.90 bits per heavy atom. The van der Waals surface area contributed by atoms with E-state index in [9.17, 15) is 0 Å². The summed E-state index contributed by atoms with van der Waals surface area (Å²) in [5.74, 6) is 2.26. The van der Waals surface area contributed by atoms with Crippen molar-refractivity contribution in [2.75, 3.05) is 0 Å². The third kappa shape index (κ3) is 2.16. The highest BCUT2D eigenvalue weighted by Crippen LogP contribution is 2.61. The van der Waals surface area contributed by atoms with Crippen molar-refractivity contribution in [1.29, 1.82) is 0 Å². The van der Waals surface area contributed by atoms with Crippen molar-refractivity contribution in [2.45, 2.75) is 31.2 Å². The topological polar surface area (TPSA) is 26.0 Å². The molecule has 1 fully saturated rings. The van der Waals surface area contributed by atoms with Gasteiger partial charge in [0.25, 0.3) is 0 Å². The Morgan fingerprint density at radius 1 is 1.25 bits per heavy atom. The van der Waals surface area contributed by atoms with E-state index in [1.807, 2.05) is 11.3 Å². The maximum atomic E-state index is 6.53. The second kappa shape index (κ2) is 4.97. The molecule has 1 nitrogen and oxygen atoms in total. The van der Waals surface area contributed by atoms with Crippen LogP contribution in [-0.2, 0) is 12.8 Å². The van der Waals surface area contributed by atoms with Gasteiger partial charge in [-0.3, -0.25) is 0 Å². The Kier molecular flexibility index (Phi) is 3.24. The van der Waals surface area contributed by atoms with E-state index in [1.165, 1.54) is 21.5 Å². The maximum Gasteiger partial charge on any atom is 0.0701 e. The molecule has 0 spiro atoms. The molecule has 104 valence electrons. The van der Waals surface area contributed by atoms with Gasteiger partial charge in [0.05, 0.1) is 3.79 Å². The summed E-state index contributed by atoms with van der Waals surface area (Å²) in [7, 11) is 0. The summed E-state index contributed by atoms with van der Waals surface area (Å²) in [6.45, 7) is 0. The van der Waals surface area contributed by atoms with Gasteiger partial charge in [0, 0.05) is 10.9 Å². The second-order valence-electron chi connectivity index (χ2n) is 6.08. The number of nitrogens with two attached hydrogens (primary N) is 1. The normalized spacial score (nSPS) is 28.6. The first kappa shape index (κ1) is 13.1. The van der Waals surface area contributed by atoms with Crippen LogP contribution in [0, 0.1) is 11.8 Å². The highest BCUT2D eigenvalue weighted by molar-refractivity contribution is 9.11. The van der Waals surface area contributed by atoms with Crippen LogP contribution in [0.25, 0.3) is 0 Å². The predicted molar refractivity (Wildman–Crippen MR) is 88.2 cm³/mol. The molecule has 4 atom stereocenters. The average Bonchev–Trinajstić information content (AvgIpc) is 3.08. The van der Waals surface area contributed by atoms with Gasteiger partial charge in [-0.1, -0.05) is 24.3 Å². The molecule has 1 heterocycles. The molecule has 1 aromatic heterocycles. The fourth-order valence-electron chi connectivity index (χ4n) is 4.03. The summed E-state index contributed by atoms with van der Waals surface area (Å²) >= 11 is 5.35. The molecule has 2 aliphatic carbocycles. The van der Waals surface area contributed by atoms with Crippen molar-refractivity contribution in [2.24, 2.45) is 17.6 Å². The van der Waals surface area contributed by atoms with Crippen LogP contribution >= 0.6 is 27.3 Å². The molecule has 0 bridgehead atoms. The molecule has 0 amide bonds. The molecule has 2 aliphatic rings. The lowest BCUT2D eigenvalue weighted by atomic mass is 9.92. The summed E-state index contributed by atoms with van der Waals surface area (Å²) in [6.07, 6.45) is 3.59. The van der Waals surface area contributed by atoms with Crippen molar-refractivity contribution in [3.63, 3.8) is 0 Å². The number of rotatable bonds is 3. The van der Waals surface area contributed by atoms with E-state index in [0.717, 1.165) is 18.3 Å². The van der Waals surface area contributed by atoms with E-state index >= 15 is 0 Å². The number of aryl methyl sites for hydroxylation is 1. The SMILES string of the molecule is NC(Cc1ccc(Br)s1)C1C2CCc3ccccc3C21. The lowest BCUT2D eigenvalue weighted by molar-refractivity contribution is 0.534. The van der Waals surface area contributed by atoms with Gasteiger partial charge in [-0.25, -0.2) is 0 Å². The lowest BCUT2D eigenvalue weighted by Gasteiger charge is -2.13. The van der Waals surface area contributed by atoms with Gasteiger partial charge < -0.3 is 5.73 Å². The van der Waals surface area contributed by atoms with Crippen LogP contribution in [-0.4, -0.2) is 6.04 Å². The van der Waals surface area contributed by atoms with Crippen LogP contribution in [0.4, 0.5) is 0 Å². The smallest absolute Gasteiger partial charge is 0.0701 e. The van der Waals surface area contributed by atoms with E-state index in [-0.39, 0.29) is 0 Å². The minimum absolute atomic E-state index is 0.307. The first-order chi connectivity index (χ1) is 9.74. The zero-order chi connectivity index (χ0) is 13.7. The van der Waals surface area contributed by atoms with Crippen molar-refractivity contribution >= 4 is 27.3 Å². The molecule has 0 radical (unpaired) electrons. The van der Waals surface area contributed by atoms with Crippen molar-refractivity contribution < 1.29 is 0 Å². The number of hydrogen-bond acceptors (Lipinski definition) is 2. The third-order valence-corrected chi connectivity index (χ3v) is 6.60. The molecule has 3 heteroatoms. The van der Waals surface area contributed by atoms with Crippen LogP contribution in [0.5, 0.6) is 0 Å². The maximum absolute atomic E-state index is 6.53. The van der Waals surface area contributed by atoms with Gasteiger partial charge in [0.15, 0.2) is 0 Å². The van der Waals surface area contributed by atoms with E-state index in [0.29, 0.717) is 12.0 Å². The van der Waals surface area contributed by atoms with E-state index in [2.05, 4.69) is 52.3 Å². The average molecular weight is 348 g/mol. The molecular weight excluding hydrogens is 330 g/mol. The van der Waals surface area contributed by atoms with Crippen LogP contribution in [0.1, 0.15) is 28.3 Å². The van der Waals surface area contributed by atoms with Gasteiger partial charge in [-0.15, -0.1) is 11.3 Å². The van der Waals surface area contributed by atoms with Crippen LogP contribution < -0.4 is 5.73 Å². The molecule has 0 aliphatic heterocycles. The summed E-state index contributed by atoms with van der Waals surface area (Å²) in [5.41, 5.74) is 9.67. The second-order valence-corrected chi connectivity index (χ2v) is 8.63. The Labute approximate surface area is 132 Å². The van der Waals surface area contributed by atoms with Crippen molar-refractivity contribution in [3.8, 4) is 0 Å². The Balaban J connectivity index is 1.52. The van der Waals surface area contributed by atoms with E-state index in [1.54, 1.807) is 11.1 Å². The number of hydrogen-bond donors (Lipinski definition) is 1. The highest BCUT2D eigenvalue weighted by Gasteiger charge is 2.55. The van der Waals surface area contributed by atoms with Crippen LogP contribution in [0.2, 0.25) is 0 Å². The predicted octanol–water partition coefficient (Wildman–Crippen LogP) is 4.36. The summed E-state index contributed by atoms with van der Waals surface area (Å²) in [5, 5.41) is 0. The molecule has 1 saturated carbocycles. The molecule has 20 heavy (non-hydrogen) atoms. The first-order valence-corrected chi connectivity index (χ1v) is 8.92. The third-order valence-electron chi connectivity index (χ3n) is 4.95.